The summed E-state index contributed by atoms with van der Waals surface area (Å²) in [7, 11) is 1.62. The molecule has 0 spiro atoms. The number of fused-ring (bicyclic) bond motifs is 1. The molecule has 2 aromatic carbocycles. The third kappa shape index (κ3) is 4.91. The van der Waals surface area contributed by atoms with Crippen molar-refractivity contribution < 1.29 is 28.4 Å². The van der Waals surface area contributed by atoms with Gasteiger partial charge >= 0.3 is 0 Å². The lowest BCUT2D eigenvalue weighted by Crippen LogP contribution is -2.63. The maximum Gasteiger partial charge on any atom is 0.186 e. The van der Waals surface area contributed by atoms with Gasteiger partial charge < -0.3 is 28.4 Å². The monoisotopic (exact) mass is 414 g/mol. The van der Waals surface area contributed by atoms with Gasteiger partial charge in [0.1, 0.15) is 24.4 Å². The molecule has 30 heavy (non-hydrogen) atoms. The lowest BCUT2D eigenvalue weighted by Gasteiger charge is -2.49. The van der Waals surface area contributed by atoms with E-state index in [1.165, 1.54) is 0 Å². The molecule has 6 heteroatoms. The second-order valence-electron chi connectivity index (χ2n) is 7.87. The molecule has 0 unspecified atom stereocenters. The van der Waals surface area contributed by atoms with E-state index in [1.54, 1.807) is 7.11 Å². The van der Waals surface area contributed by atoms with Gasteiger partial charge in [0.25, 0.3) is 0 Å². The standard InChI is InChI=1S/C24H30O6/c1-16(2)28-22-21(26-14-17-10-6-4-7-11-17)20-19(29-24(22)25-3)15-27-23(30-20)18-12-8-5-9-13-18/h4-13,16,19-24H,14-15H2,1-3H3/t19-,20-,21-,22-,23-,24+/m1/s1. The molecule has 2 heterocycles. The van der Waals surface area contributed by atoms with Crippen LogP contribution in [0.15, 0.2) is 60.7 Å². The predicted molar refractivity (Wildman–Crippen MR) is 111 cm³/mol. The van der Waals surface area contributed by atoms with Crippen LogP contribution in [0.1, 0.15) is 31.3 Å². The number of rotatable bonds is 7. The lowest BCUT2D eigenvalue weighted by atomic mass is 9.97. The van der Waals surface area contributed by atoms with Gasteiger partial charge in [-0.15, -0.1) is 0 Å². The summed E-state index contributed by atoms with van der Waals surface area (Å²) in [6, 6.07) is 20.0. The number of methoxy groups -OCH3 is 1. The second-order valence-corrected chi connectivity index (χ2v) is 7.87. The molecule has 2 aliphatic heterocycles. The van der Waals surface area contributed by atoms with Crippen LogP contribution in [0.5, 0.6) is 0 Å². The predicted octanol–water partition coefficient (Wildman–Crippen LogP) is 3.85. The zero-order valence-corrected chi connectivity index (χ0v) is 17.7. The van der Waals surface area contributed by atoms with E-state index in [2.05, 4.69) is 0 Å². The Morgan fingerprint density at radius 1 is 0.933 bits per heavy atom. The molecule has 0 radical (unpaired) electrons. The van der Waals surface area contributed by atoms with Gasteiger partial charge in [-0.05, 0) is 19.4 Å². The number of ether oxygens (including phenoxy) is 6. The van der Waals surface area contributed by atoms with Crippen LogP contribution < -0.4 is 0 Å². The Hall–Kier alpha value is -1.80. The third-order valence-corrected chi connectivity index (χ3v) is 5.30. The van der Waals surface area contributed by atoms with Crippen molar-refractivity contribution in [2.45, 2.75) is 63.6 Å². The minimum Gasteiger partial charge on any atom is -0.368 e. The van der Waals surface area contributed by atoms with E-state index >= 15 is 0 Å². The van der Waals surface area contributed by atoms with E-state index < -0.39 is 18.7 Å². The van der Waals surface area contributed by atoms with Crippen molar-refractivity contribution in [3.8, 4) is 0 Å². The summed E-state index contributed by atoms with van der Waals surface area (Å²) in [5.41, 5.74) is 2.05. The smallest absolute Gasteiger partial charge is 0.186 e. The molecule has 162 valence electrons. The number of benzene rings is 2. The summed E-state index contributed by atoms with van der Waals surface area (Å²) in [5.74, 6) is 0. The van der Waals surface area contributed by atoms with Gasteiger partial charge in [-0.2, -0.15) is 0 Å². The van der Waals surface area contributed by atoms with Gasteiger partial charge in [0.05, 0.1) is 19.3 Å². The molecule has 0 aliphatic carbocycles. The van der Waals surface area contributed by atoms with Crippen molar-refractivity contribution in [3.05, 3.63) is 71.8 Å². The highest BCUT2D eigenvalue weighted by Gasteiger charge is 2.51. The molecule has 0 amide bonds. The first kappa shape index (κ1) is 21.4. The van der Waals surface area contributed by atoms with E-state index in [9.17, 15) is 0 Å². The molecule has 6 atom stereocenters. The Labute approximate surface area is 178 Å². The Bertz CT molecular complexity index is 768. The fraction of sp³-hybridized carbons (Fsp3) is 0.500. The number of hydrogen-bond acceptors (Lipinski definition) is 6. The fourth-order valence-corrected chi connectivity index (χ4v) is 3.93. The van der Waals surface area contributed by atoms with Gasteiger partial charge in [0, 0.05) is 12.7 Å². The quantitative estimate of drug-likeness (QED) is 0.686. The van der Waals surface area contributed by atoms with Gasteiger partial charge in [-0.1, -0.05) is 60.7 Å². The molecule has 0 N–H and O–H groups in total. The Morgan fingerprint density at radius 3 is 2.30 bits per heavy atom. The Kier molecular flexibility index (Phi) is 7.15. The highest BCUT2D eigenvalue weighted by molar-refractivity contribution is 5.17. The van der Waals surface area contributed by atoms with E-state index in [0.29, 0.717) is 13.2 Å². The fourth-order valence-electron chi connectivity index (χ4n) is 3.93. The van der Waals surface area contributed by atoms with Crippen LogP contribution in [0.2, 0.25) is 0 Å². The summed E-state index contributed by atoms with van der Waals surface area (Å²) in [4.78, 5) is 0. The Morgan fingerprint density at radius 2 is 1.63 bits per heavy atom. The summed E-state index contributed by atoms with van der Waals surface area (Å²) >= 11 is 0. The number of hydrogen-bond donors (Lipinski definition) is 0. The second kappa shape index (κ2) is 10.0. The zero-order valence-electron chi connectivity index (χ0n) is 17.7. The molecule has 0 saturated carbocycles. The van der Waals surface area contributed by atoms with Gasteiger partial charge in [-0.3, -0.25) is 0 Å². The zero-order chi connectivity index (χ0) is 20.9. The average Bonchev–Trinajstić information content (AvgIpc) is 2.78. The highest BCUT2D eigenvalue weighted by atomic mass is 16.8. The average molecular weight is 414 g/mol. The molecule has 2 saturated heterocycles. The van der Waals surface area contributed by atoms with Crippen molar-refractivity contribution in [2.24, 2.45) is 0 Å². The first-order valence-electron chi connectivity index (χ1n) is 10.5. The van der Waals surface area contributed by atoms with Crippen molar-refractivity contribution in [3.63, 3.8) is 0 Å². The summed E-state index contributed by atoms with van der Waals surface area (Å²) in [5, 5.41) is 0. The molecule has 2 aliphatic rings. The molecule has 6 nitrogen and oxygen atoms in total. The largest absolute Gasteiger partial charge is 0.368 e. The van der Waals surface area contributed by atoms with E-state index in [1.807, 2.05) is 74.5 Å². The lowest BCUT2D eigenvalue weighted by molar-refractivity contribution is -0.370. The summed E-state index contributed by atoms with van der Waals surface area (Å²) < 4.78 is 36.7. The molecular weight excluding hydrogens is 384 g/mol. The minimum atomic E-state index is -0.560. The van der Waals surface area contributed by atoms with Crippen LogP contribution in [0.25, 0.3) is 0 Å². The van der Waals surface area contributed by atoms with Gasteiger partial charge in [0.2, 0.25) is 0 Å². The first-order valence-corrected chi connectivity index (χ1v) is 10.5. The maximum atomic E-state index is 6.40. The van der Waals surface area contributed by atoms with Crippen LogP contribution in [-0.2, 0) is 35.0 Å². The minimum absolute atomic E-state index is 0.0135. The summed E-state index contributed by atoms with van der Waals surface area (Å²) in [6.07, 6.45) is -2.49. The van der Waals surface area contributed by atoms with Crippen molar-refractivity contribution >= 4 is 0 Å². The molecule has 0 bridgehead atoms. The van der Waals surface area contributed by atoms with Crippen LogP contribution in [0, 0.1) is 0 Å². The molecule has 0 aromatic heterocycles. The molecule has 2 fully saturated rings. The summed E-state index contributed by atoms with van der Waals surface area (Å²) in [6.45, 7) is 4.82. The van der Waals surface area contributed by atoms with Crippen LogP contribution in [0.4, 0.5) is 0 Å². The van der Waals surface area contributed by atoms with Crippen LogP contribution >= 0.6 is 0 Å². The first-order chi connectivity index (χ1) is 14.7. The van der Waals surface area contributed by atoms with E-state index in [4.69, 9.17) is 28.4 Å². The van der Waals surface area contributed by atoms with Crippen molar-refractivity contribution in [2.75, 3.05) is 13.7 Å². The van der Waals surface area contributed by atoms with E-state index in [-0.39, 0.29) is 24.4 Å². The Balaban J connectivity index is 1.57. The van der Waals surface area contributed by atoms with Crippen molar-refractivity contribution in [1.82, 2.24) is 0 Å². The highest BCUT2D eigenvalue weighted by Crippen LogP contribution is 2.37. The molecule has 2 aromatic rings. The van der Waals surface area contributed by atoms with E-state index in [0.717, 1.165) is 11.1 Å². The van der Waals surface area contributed by atoms with Gasteiger partial charge in [0.15, 0.2) is 12.6 Å². The molecular formula is C24H30O6. The normalized spacial score (nSPS) is 31.5. The van der Waals surface area contributed by atoms with Crippen LogP contribution in [-0.4, -0.2) is 50.5 Å². The third-order valence-electron chi connectivity index (χ3n) is 5.30. The topological polar surface area (TPSA) is 55.4 Å². The van der Waals surface area contributed by atoms with Gasteiger partial charge in [-0.25, -0.2) is 0 Å². The maximum absolute atomic E-state index is 6.40. The van der Waals surface area contributed by atoms with Crippen LogP contribution in [0.3, 0.4) is 0 Å². The SMILES string of the molecule is CO[C@H]1O[C@@H]2CO[C@@H](c3ccccc3)O[C@H]2[C@@H](OCc2ccccc2)[C@H]1OC(C)C. The molecule has 4 rings (SSSR count). The van der Waals surface area contributed by atoms with Crippen molar-refractivity contribution in [1.29, 1.82) is 0 Å².